The summed E-state index contributed by atoms with van der Waals surface area (Å²) < 4.78 is 1.84. The summed E-state index contributed by atoms with van der Waals surface area (Å²) in [5.41, 5.74) is 5.98. The molecule has 1 fully saturated rings. The van der Waals surface area contributed by atoms with Gasteiger partial charge in [-0.25, -0.2) is 0 Å². The zero-order chi connectivity index (χ0) is 11.0. The van der Waals surface area contributed by atoms with E-state index in [-0.39, 0.29) is 0 Å². The van der Waals surface area contributed by atoms with Crippen molar-refractivity contribution < 1.29 is 0 Å². The monoisotopic (exact) mass is 308 g/mol. The van der Waals surface area contributed by atoms with E-state index in [1.54, 1.807) is 11.3 Å². The Morgan fingerprint density at radius 2 is 2.40 bits per heavy atom. The third-order valence-corrected chi connectivity index (χ3v) is 5.28. The zero-order valence-electron chi connectivity index (χ0n) is 8.54. The highest BCUT2D eigenvalue weighted by molar-refractivity contribution is 9.10. The highest BCUT2D eigenvalue weighted by Gasteiger charge is 2.26. The van der Waals surface area contributed by atoms with E-state index in [1.165, 1.54) is 4.88 Å². The van der Waals surface area contributed by atoms with E-state index in [2.05, 4.69) is 33.8 Å². The minimum atomic E-state index is 0.323. The Kier molecular flexibility index (Phi) is 3.73. The van der Waals surface area contributed by atoms with Crippen LogP contribution in [-0.2, 0) is 6.54 Å². The molecule has 15 heavy (non-hydrogen) atoms. The molecule has 2 heterocycles. The molecule has 0 spiro atoms. The second-order valence-electron chi connectivity index (χ2n) is 4.17. The molecule has 0 aromatic carbocycles. The lowest BCUT2D eigenvalue weighted by atomic mass is 10.1. The molecule has 2 unspecified atom stereocenters. The molecule has 0 saturated carbocycles. The number of hydrogen-bond donors (Lipinski definition) is 1. The standard InChI is InChI=1S/C10H14BrClN2S/c1-6-3-14(5-9(6)13)4-7-2-8(11)10(12)15-7/h2,6,9H,3-5,13H2,1H3. The third-order valence-electron chi connectivity index (χ3n) is 2.82. The van der Waals surface area contributed by atoms with E-state index in [9.17, 15) is 0 Å². The van der Waals surface area contributed by atoms with Crippen LogP contribution in [0.5, 0.6) is 0 Å². The van der Waals surface area contributed by atoms with Crippen molar-refractivity contribution in [3.05, 3.63) is 19.8 Å². The van der Waals surface area contributed by atoms with Crippen molar-refractivity contribution in [3.63, 3.8) is 0 Å². The van der Waals surface area contributed by atoms with Crippen LogP contribution in [0, 0.1) is 5.92 Å². The molecule has 0 radical (unpaired) electrons. The van der Waals surface area contributed by atoms with Gasteiger partial charge < -0.3 is 5.73 Å². The maximum Gasteiger partial charge on any atom is 0.107 e. The first-order valence-electron chi connectivity index (χ1n) is 4.98. The van der Waals surface area contributed by atoms with Gasteiger partial charge in [-0.2, -0.15) is 0 Å². The third kappa shape index (κ3) is 2.74. The van der Waals surface area contributed by atoms with Crippen LogP contribution in [0.4, 0.5) is 0 Å². The van der Waals surface area contributed by atoms with Crippen LogP contribution in [0.25, 0.3) is 0 Å². The first kappa shape index (κ1) is 11.9. The van der Waals surface area contributed by atoms with Crippen molar-refractivity contribution in [2.75, 3.05) is 13.1 Å². The number of nitrogens with two attached hydrogens (primary N) is 1. The molecule has 2 N–H and O–H groups in total. The van der Waals surface area contributed by atoms with Crippen LogP contribution in [0.3, 0.4) is 0 Å². The molecule has 0 amide bonds. The number of rotatable bonds is 2. The van der Waals surface area contributed by atoms with Gasteiger partial charge in [-0.15, -0.1) is 11.3 Å². The van der Waals surface area contributed by atoms with Crippen molar-refractivity contribution in [2.24, 2.45) is 11.7 Å². The molecule has 0 bridgehead atoms. The maximum atomic E-state index is 6.00. The SMILES string of the molecule is CC1CN(Cc2cc(Br)c(Cl)s2)CC1N. The second kappa shape index (κ2) is 4.72. The summed E-state index contributed by atoms with van der Waals surface area (Å²) in [5, 5.41) is 0. The lowest BCUT2D eigenvalue weighted by Gasteiger charge is -2.13. The molecule has 1 aromatic rings. The first-order valence-corrected chi connectivity index (χ1v) is 6.96. The Morgan fingerprint density at radius 3 is 2.87 bits per heavy atom. The van der Waals surface area contributed by atoms with Gasteiger partial charge in [-0.3, -0.25) is 4.90 Å². The minimum Gasteiger partial charge on any atom is -0.326 e. The van der Waals surface area contributed by atoms with E-state index in [4.69, 9.17) is 17.3 Å². The highest BCUT2D eigenvalue weighted by atomic mass is 79.9. The highest BCUT2D eigenvalue weighted by Crippen LogP contribution is 2.33. The lowest BCUT2D eigenvalue weighted by Crippen LogP contribution is -2.28. The van der Waals surface area contributed by atoms with Gasteiger partial charge in [-0.05, 0) is 27.9 Å². The van der Waals surface area contributed by atoms with Crippen molar-refractivity contribution in [3.8, 4) is 0 Å². The van der Waals surface area contributed by atoms with Crippen LogP contribution in [0.15, 0.2) is 10.5 Å². The van der Waals surface area contributed by atoms with E-state index in [1.807, 2.05) is 0 Å². The summed E-state index contributed by atoms with van der Waals surface area (Å²) in [6.07, 6.45) is 0. The van der Waals surface area contributed by atoms with Crippen molar-refractivity contribution in [1.29, 1.82) is 0 Å². The largest absolute Gasteiger partial charge is 0.326 e. The van der Waals surface area contributed by atoms with Crippen LogP contribution in [0.2, 0.25) is 4.34 Å². The fourth-order valence-corrected chi connectivity index (χ4v) is 3.75. The van der Waals surface area contributed by atoms with Gasteiger partial charge in [0.2, 0.25) is 0 Å². The van der Waals surface area contributed by atoms with Crippen molar-refractivity contribution in [1.82, 2.24) is 4.90 Å². The topological polar surface area (TPSA) is 29.3 Å². The molecule has 2 nitrogen and oxygen atoms in total. The minimum absolute atomic E-state index is 0.323. The Morgan fingerprint density at radius 1 is 1.67 bits per heavy atom. The van der Waals surface area contributed by atoms with Crippen LogP contribution in [-0.4, -0.2) is 24.0 Å². The average Bonchev–Trinajstić information content (AvgIpc) is 2.59. The fourth-order valence-electron chi connectivity index (χ4n) is 1.91. The number of hydrogen-bond acceptors (Lipinski definition) is 3. The van der Waals surface area contributed by atoms with Gasteiger partial charge in [0, 0.05) is 35.0 Å². The summed E-state index contributed by atoms with van der Waals surface area (Å²) in [6, 6.07) is 2.42. The van der Waals surface area contributed by atoms with Gasteiger partial charge in [0.05, 0.1) is 0 Å². The van der Waals surface area contributed by atoms with E-state index in [0.717, 1.165) is 28.4 Å². The maximum absolute atomic E-state index is 6.00. The van der Waals surface area contributed by atoms with Crippen molar-refractivity contribution in [2.45, 2.75) is 19.5 Å². The zero-order valence-corrected chi connectivity index (χ0v) is 11.7. The number of thiophene rings is 1. The molecular formula is C10H14BrClN2S. The lowest BCUT2D eigenvalue weighted by molar-refractivity contribution is 0.322. The number of likely N-dealkylation sites (tertiary alicyclic amines) is 1. The Bertz CT molecular complexity index is 326. The Balaban J connectivity index is 1.98. The van der Waals surface area contributed by atoms with Crippen molar-refractivity contribution >= 4 is 38.9 Å². The Hall–Kier alpha value is 0.390. The molecule has 0 aliphatic carbocycles. The van der Waals surface area contributed by atoms with Gasteiger partial charge >= 0.3 is 0 Å². The van der Waals surface area contributed by atoms with E-state index in [0.29, 0.717) is 12.0 Å². The van der Waals surface area contributed by atoms with Crippen LogP contribution >= 0.6 is 38.9 Å². The molecule has 2 rings (SSSR count). The molecule has 5 heteroatoms. The Labute approximate surface area is 108 Å². The average molecular weight is 310 g/mol. The molecule has 84 valence electrons. The van der Waals surface area contributed by atoms with Gasteiger partial charge in [-0.1, -0.05) is 18.5 Å². The summed E-state index contributed by atoms with van der Waals surface area (Å²) in [7, 11) is 0. The van der Waals surface area contributed by atoms with Crippen LogP contribution < -0.4 is 5.73 Å². The second-order valence-corrected chi connectivity index (χ2v) is 6.76. The van der Waals surface area contributed by atoms with Gasteiger partial charge in [0.1, 0.15) is 4.34 Å². The predicted molar refractivity (Wildman–Crippen MR) is 69.4 cm³/mol. The molecule has 1 aliphatic heterocycles. The molecule has 2 atom stereocenters. The molecular weight excluding hydrogens is 296 g/mol. The number of nitrogens with zero attached hydrogens (tertiary/aromatic N) is 1. The summed E-state index contributed by atoms with van der Waals surface area (Å²) in [4.78, 5) is 3.69. The summed E-state index contributed by atoms with van der Waals surface area (Å²) >= 11 is 11.1. The van der Waals surface area contributed by atoms with E-state index < -0.39 is 0 Å². The molecule has 1 aromatic heterocycles. The van der Waals surface area contributed by atoms with Gasteiger partial charge in [0.15, 0.2) is 0 Å². The van der Waals surface area contributed by atoms with E-state index >= 15 is 0 Å². The summed E-state index contributed by atoms with van der Waals surface area (Å²) in [6.45, 7) is 5.26. The quantitative estimate of drug-likeness (QED) is 0.910. The summed E-state index contributed by atoms with van der Waals surface area (Å²) in [5.74, 6) is 0.601. The smallest absolute Gasteiger partial charge is 0.107 e. The fraction of sp³-hybridized carbons (Fsp3) is 0.600. The normalized spacial score (nSPS) is 27.5. The molecule has 1 saturated heterocycles. The predicted octanol–water partition coefficient (Wildman–Crippen LogP) is 2.94. The van der Waals surface area contributed by atoms with Crippen LogP contribution in [0.1, 0.15) is 11.8 Å². The van der Waals surface area contributed by atoms with Gasteiger partial charge in [0.25, 0.3) is 0 Å². The molecule has 1 aliphatic rings. The first-order chi connectivity index (χ1) is 7.06. The number of halogens is 2.